The molecule has 0 saturated carbocycles. The van der Waals surface area contributed by atoms with Crippen LogP contribution in [0, 0.1) is 12.7 Å². The maximum Gasteiger partial charge on any atom is 0.258 e. The van der Waals surface area contributed by atoms with Gasteiger partial charge in [0, 0.05) is 22.0 Å². The summed E-state index contributed by atoms with van der Waals surface area (Å²) in [6.07, 6.45) is 0. The van der Waals surface area contributed by atoms with Crippen molar-refractivity contribution < 1.29 is 8.91 Å². The number of nitrogens with zero attached hydrogens (tertiary/aromatic N) is 3. The molecule has 170 valence electrons. The molecule has 0 saturated heterocycles. The van der Waals surface area contributed by atoms with Gasteiger partial charge in [0.2, 0.25) is 5.82 Å². The Kier molecular flexibility index (Phi) is 5.89. The average molecular weight is 491 g/mol. The van der Waals surface area contributed by atoms with E-state index >= 15 is 0 Å². The zero-order valence-electron chi connectivity index (χ0n) is 18.4. The predicted molar refractivity (Wildman–Crippen MR) is 136 cm³/mol. The van der Waals surface area contributed by atoms with Crippen LogP contribution in [0.3, 0.4) is 0 Å². The molecule has 1 aliphatic heterocycles. The second-order valence-corrected chi connectivity index (χ2v) is 8.79. The van der Waals surface area contributed by atoms with Gasteiger partial charge in [-0.15, -0.1) is 0 Å². The van der Waals surface area contributed by atoms with Crippen LogP contribution in [0.4, 0.5) is 10.1 Å². The molecule has 0 bridgehead atoms. The van der Waals surface area contributed by atoms with Crippen molar-refractivity contribution in [3.8, 4) is 11.4 Å². The molecule has 3 aromatic carbocycles. The van der Waals surface area contributed by atoms with Gasteiger partial charge < -0.3 is 9.84 Å². The number of thiocarbonyl (C=S) groups is 1. The Morgan fingerprint density at radius 2 is 1.76 bits per heavy atom. The predicted octanol–water partition coefficient (Wildman–Crippen LogP) is 6.70. The molecule has 5 nitrogen and oxygen atoms in total. The standard InChI is InChI=1S/C26H20ClFN4OS/c1-15-8-13-20(14-21(15)27)32-16(2)22(23(29-26(32)34)17-6-4-3-5-7-17)25-30-24(31-33-25)18-9-11-19(28)12-10-18/h3-14,23H,1-2H3,(H,29,34). The third-order valence-corrected chi connectivity index (χ3v) is 6.50. The van der Waals surface area contributed by atoms with E-state index in [1.807, 2.05) is 67.3 Å². The fourth-order valence-corrected chi connectivity index (χ4v) is 4.53. The normalized spacial score (nSPS) is 16.1. The molecule has 5 rings (SSSR count). The van der Waals surface area contributed by atoms with Gasteiger partial charge in [0.25, 0.3) is 5.89 Å². The van der Waals surface area contributed by atoms with Gasteiger partial charge in [-0.25, -0.2) is 4.39 Å². The first-order valence-electron chi connectivity index (χ1n) is 10.6. The molecule has 2 heterocycles. The van der Waals surface area contributed by atoms with Crippen LogP contribution in [-0.4, -0.2) is 15.3 Å². The molecule has 0 spiro atoms. The minimum atomic E-state index is -0.326. The fourth-order valence-electron chi connectivity index (χ4n) is 4.00. The Bertz CT molecular complexity index is 1400. The SMILES string of the molecule is CC1=C(c2nc(-c3ccc(F)cc3)no2)C(c2ccccc2)NC(=S)N1c1ccc(C)c(Cl)c1. The van der Waals surface area contributed by atoms with Gasteiger partial charge in [-0.3, -0.25) is 4.90 Å². The minimum absolute atomic E-state index is 0.299. The molecule has 8 heteroatoms. The number of nitrogens with one attached hydrogen (secondary N) is 1. The van der Waals surface area contributed by atoms with Crippen molar-refractivity contribution in [1.29, 1.82) is 0 Å². The van der Waals surface area contributed by atoms with Crippen LogP contribution >= 0.6 is 23.8 Å². The zero-order valence-corrected chi connectivity index (χ0v) is 20.0. The monoisotopic (exact) mass is 490 g/mol. The maximum absolute atomic E-state index is 13.4. The quantitative estimate of drug-likeness (QED) is 0.321. The van der Waals surface area contributed by atoms with E-state index in [-0.39, 0.29) is 11.9 Å². The number of anilines is 1. The lowest BCUT2D eigenvalue weighted by atomic mass is 9.94. The molecule has 0 aliphatic carbocycles. The first kappa shape index (κ1) is 22.3. The number of halogens is 2. The smallest absolute Gasteiger partial charge is 0.258 e. The molecule has 0 amide bonds. The maximum atomic E-state index is 13.4. The minimum Gasteiger partial charge on any atom is -0.351 e. The van der Waals surface area contributed by atoms with Gasteiger partial charge in [0.05, 0.1) is 11.6 Å². The lowest BCUT2D eigenvalue weighted by Gasteiger charge is -2.37. The Morgan fingerprint density at radius 3 is 2.47 bits per heavy atom. The van der Waals surface area contributed by atoms with E-state index in [1.165, 1.54) is 12.1 Å². The van der Waals surface area contributed by atoms with E-state index in [0.717, 1.165) is 28.1 Å². The topological polar surface area (TPSA) is 54.2 Å². The molecule has 1 N–H and O–H groups in total. The zero-order chi connectivity index (χ0) is 23.8. The molecule has 1 aliphatic rings. The van der Waals surface area contributed by atoms with Crippen molar-refractivity contribution >= 4 is 40.2 Å². The first-order valence-corrected chi connectivity index (χ1v) is 11.4. The molecular formula is C26H20ClFN4OS. The van der Waals surface area contributed by atoms with Crippen molar-refractivity contribution in [3.05, 3.63) is 106 Å². The summed E-state index contributed by atoms with van der Waals surface area (Å²) in [5.41, 5.74) is 5.10. The molecule has 1 atom stereocenters. The number of rotatable bonds is 4. The summed E-state index contributed by atoms with van der Waals surface area (Å²) < 4.78 is 19.1. The lowest BCUT2D eigenvalue weighted by Crippen LogP contribution is -2.46. The van der Waals surface area contributed by atoms with Crippen molar-refractivity contribution in [1.82, 2.24) is 15.5 Å². The Balaban J connectivity index is 1.65. The summed E-state index contributed by atoms with van der Waals surface area (Å²) >= 11 is 12.2. The number of hydrogen-bond donors (Lipinski definition) is 1. The summed E-state index contributed by atoms with van der Waals surface area (Å²) in [4.78, 5) is 6.56. The van der Waals surface area contributed by atoms with Crippen molar-refractivity contribution in [2.24, 2.45) is 0 Å². The van der Waals surface area contributed by atoms with E-state index in [1.54, 1.807) is 12.1 Å². The molecule has 1 unspecified atom stereocenters. The summed E-state index contributed by atoms with van der Waals surface area (Å²) in [5.74, 6) is 0.400. The summed E-state index contributed by atoms with van der Waals surface area (Å²) in [5, 5.41) is 8.77. The van der Waals surface area contributed by atoms with Gasteiger partial charge in [-0.1, -0.05) is 53.2 Å². The molecule has 4 aromatic rings. The second-order valence-electron chi connectivity index (χ2n) is 7.99. The molecular weight excluding hydrogens is 471 g/mol. The van der Waals surface area contributed by atoms with Crippen molar-refractivity contribution in [3.63, 3.8) is 0 Å². The van der Waals surface area contributed by atoms with Crippen LogP contribution in [0.5, 0.6) is 0 Å². The van der Waals surface area contributed by atoms with Gasteiger partial charge in [-0.2, -0.15) is 4.98 Å². The molecule has 34 heavy (non-hydrogen) atoms. The highest BCUT2D eigenvalue weighted by molar-refractivity contribution is 7.80. The van der Waals surface area contributed by atoms with Gasteiger partial charge in [-0.05, 0) is 73.6 Å². The Labute approximate surface area is 206 Å². The van der Waals surface area contributed by atoms with Gasteiger partial charge in [0.15, 0.2) is 5.11 Å². The van der Waals surface area contributed by atoms with Crippen LogP contribution < -0.4 is 10.2 Å². The molecule has 0 radical (unpaired) electrons. The van der Waals surface area contributed by atoms with E-state index in [9.17, 15) is 4.39 Å². The highest BCUT2D eigenvalue weighted by atomic mass is 35.5. The largest absolute Gasteiger partial charge is 0.351 e. The van der Waals surface area contributed by atoms with Crippen LogP contribution in [0.25, 0.3) is 17.0 Å². The summed E-state index contributed by atoms with van der Waals surface area (Å²) in [6, 6.07) is 21.4. The third-order valence-electron chi connectivity index (χ3n) is 5.79. The van der Waals surface area contributed by atoms with E-state index in [4.69, 9.17) is 28.3 Å². The van der Waals surface area contributed by atoms with Gasteiger partial charge >= 0.3 is 0 Å². The number of aryl methyl sites for hydroxylation is 1. The molecule has 0 fully saturated rings. The van der Waals surface area contributed by atoms with Crippen LogP contribution in [-0.2, 0) is 0 Å². The van der Waals surface area contributed by atoms with Crippen LogP contribution in [0.2, 0.25) is 5.02 Å². The van der Waals surface area contributed by atoms with Crippen LogP contribution in [0.1, 0.15) is 30.0 Å². The fraction of sp³-hybridized carbons (Fsp3) is 0.115. The number of benzene rings is 3. The van der Waals surface area contributed by atoms with E-state index in [0.29, 0.717) is 27.4 Å². The van der Waals surface area contributed by atoms with Crippen molar-refractivity contribution in [2.45, 2.75) is 19.9 Å². The van der Waals surface area contributed by atoms with Crippen LogP contribution in [0.15, 0.2) is 83.0 Å². The summed E-state index contributed by atoms with van der Waals surface area (Å²) in [7, 11) is 0. The summed E-state index contributed by atoms with van der Waals surface area (Å²) in [6.45, 7) is 3.92. The number of aromatic nitrogens is 2. The first-order chi connectivity index (χ1) is 16.4. The van der Waals surface area contributed by atoms with E-state index in [2.05, 4.69) is 15.5 Å². The number of allylic oxidation sites excluding steroid dienone is 1. The highest BCUT2D eigenvalue weighted by Crippen LogP contribution is 2.39. The number of hydrogen-bond acceptors (Lipinski definition) is 4. The Morgan fingerprint density at radius 1 is 1.03 bits per heavy atom. The average Bonchev–Trinajstić information content (AvgIpc) is 3.31. The molecule has 1 aromatic heterocycles. The van der Waals surface area contributed by atoms with Crippen molar-refractivity contribution in [2.75, 3.05) is 4.90 Å². The van der Waals surface area contributed by atoms with Gasteiger partial charge in [0.1, 0.15) is 5.82 Å². The second kappa shape index (κ2) is 9.00. The van der Waals surface area contributed by atoms with E-state index < -0.39 is 0 Å². The highest BCUT2D eigenvalue weighted by Gasteiger charge is 2.34. The Hall–Kier alpha value is -3.55. The lowest BCUT2D eigenvalue weighted by molar-refractivity contribution is 0.404. The third kappa shape index (κ3) is 4.08.